The Morgan fingerprint density at radius 2 is 2.14 bits per heavy atom. The van der Waals surface area contributed by atoms with Crippen molar-refractivity contribution in [2.24, 2.45) is 0 Å². The van der Waals surface area contributed by atoms with Crippen LogP contribution in [0.1, 0.15) is 24.2 Å². The standard InChI is InChI=1S/C13H18ClN3O4/c1-3-16(5-6-21-4-2)13(18)10-7-9(17(19)20)8-11(14)12(10)15/h7-8H,3-6,15H2,1-2H3. The van der Waals surface area contributed by atoms with Crippen LogP contribution >= 0.6 is 11.6 Å². The lowest BCUT2D eigenvalue weighted by atomic mass is 10.1. The molecule has 1 aromatic rings. The monoisotopic (exact) mass is 315 g/mol. The van der Waals surface area contributed by atoms with E-state index in [0.29, 0.717) is 26.3 Å². The third-order valence-electron chi connectivity index (χ3n) is 2.93. The zero-order valence-corrected chi connectivity index (χ0v) is 12.7. The molecule has 1 rings (SSSR count). The number of anilines is 1. The molecule has 0 spiro atoms. The van der Waals surface area contributed by atoms with Crippen molar-refractivity contribution in [2.45, 2.75) is 13.8 Å². The maximum Gasteiger partial charge on any atom is 0.271 e. The van der Waals surface area contributed by atoms with Gasteiger partial charge in [-0.05, 0) is 13.8 Å². The number of likely N-dealkylation sites (N-methyl/N-ethyl adjacent to an activating group) is 1. The first-order valence-corrected chi connectivity index (χ1v) is 6.90. The van der Waals surface area contributed by atoms with Crippen LogP contribution in [0.15, 0.2) is 12.1 Å². The van der Waals surface area contributed by atoms with Crippen LogP contribution in [0, 0.1) is 10.1 Å². The predicted molar refractivity (Wildman–Crippen MR) is 80.6 cm³/mol. The maximum absolute atomic E-state index is 12.4. The Labute approximate surface area is 127 Å². The summed E-state index contributed by atoms with van der Waals surface area (Å²) in [7, 11) is 0. The van der Waals surface area contributed by atoms with Crippen molar-refractivity contribution >= 4 is 28.9 Å². The molecule has 0 unspecified atom stereocenters. The molecule has 0 aromatic heterocycles. The molecule has 0 atom stereocenters. The van der Waals surface area contributed by atoms with Crippen LogP contribution in [0.2, 0.25) is 5.02 Å². The van der Waals surface area contributed by atoms with Gasteiger partial charge in [-0.2, -0.15) is 0 Å². The molecule has 0 bridgehead atoms. The van der Waals surface area contributed by atoms with E-state index in [1.165, 1.54) is 4.90 Å². The minimum atomic E-state index is -0.613. The van der Waals surface area contributed by atoms with Crippen molar-refractivity contribution in [3.8, 4) is 0 Å². The smallest absolute Gasteiger partial charge is 0.271 e. The van der Waals surface area contributed by atoms with E-state index in [0.717, 1.165) is 12.1 Å². The summed E-state index contributed by atoms with van der Waals surface area (Å²) in [6.07, 6.45) is 0. The number of hydrogen-bond acceptors (Lipinski definition) is 5. The molecule has 116 valence electrons. The van der Waals surface area contributed by atoms with Crippen LogP contribution in [0.3, 0.4) is 0 Å². The van der Waals surface area contributed by atoms with Gasteiger partial charge in [0, 0.05) is 31.8 Å². The molecule has 1 aromatic carbocycles. The lowest BCUT2D eigenvalue weighted by molar-refractivity contribution is -0.384. The summed E-state index contributed by atoms with van der Waals surface area (Å²) in [6.45, 7) is 5.42. The van der Waals surface area contributed by atoms with Crippen LogP contribution in [0.5, 0.6) is 0 Å². The Morgan fingerprint density at radius 3 is 2.67 bits per heavy atom. The number of nitrogen functional groups attached to an aromatic ring is 1. The number of hydrogen-bond donors (Lipinski definition) is 1. The van der Waals surface area contributed by atoms with E-state index in [1.807, 2.05) is 6.92 Å². The van der Waals surface area contributed by atoms with Crippen molar-refractivity contribution < 1.29 is 14.5 Å². The number of benzene rings is 1. The van der Waals surface area contributed by atoms with Gasteiger partial charge in [0.05, 0.1) is 27.8 Å². The molecule has 0 aliphatic rings. The second-order valence-electron chi connectivity index (χ2n) is 4.23. The summed E-state index contributed by atoms with van der Waals surface area (Å²) in [4.78, 5) is 24.2. The average Bonchev–Trinajstić information content (AvgIpc) is 2.45. The number of amides is 1. The molecule has 0 radical (unpaired) electrons. The first-order valence-electron chi connectivity index (χ1n) is 6.52. The Morgan fingerprint density at radius 1 is 1.48 bits per heavy atom. The van der Waals surface area contributed by atoms with Gasteiger partial charge >= 0.3 is 0 Å². The molecule has 0 saturated carbocycles. The zero-order chi connectivity index (χ0) is 16.0. The second kappa shape index (κ2) is 7.80. The second-order valence-corrected chi connectivity index (χ2v) is 4.63. The molecular weight excluding hydrogens is 298 g/mol. The number of nitro groups is 1. The van der Waals surface area contributed by atoms with Crippen molar-refractivity contribution in [1.29, 1.82) is 0 Å². The number of nitrogens with two attached hydrogens (primary N) is 1. The Hall–Kier alpha value is -1.86. The van der Waals surface area contributed by atoms with E-state index in [9.17, 15) is 14.9 Å². The molecular formula is C13H18ClN3O4. The Balaban J connectivity index is 3.06. The fraction of sp³-hybridized carbons (Fsp3) is 0.462. The van der Waals surface area contributed by atoms with Gasteiger partial charge in [-0.3, -0.25) is 14.9 Å². The highest BCUT2D eigenvalue weighted by Crippen LogP contribution is 2.29. The number of non-ortho nitro benzene ring substituents is 1. The van der Waals surface area contributed by atoms with Crippen molar-refractivity contribution in [1.82, 2.24) is 4.90 Å². The van der Waals surface area contributed by atoms with Gasteiger partial charge in [-0.15, -0.1) is 0 Å². The topological polar surface area (TPSA) is 98.7 Å². The minimum absolute atomic E-state index is 0.00610. The van der Waals surface area contributed by atoms with Crippen LogP contribution in [0.4, 0.5) is 11.4 Å². The van der Waals surface area contributed by atoms with E-state index in [2.05, 4.69) is 0 Å². The SMILES string of the molecule is CCOCCN(CC)C(=O)c1cc([N+](=O)[O-])cc(Cl)c1N. The summed E-state index contributed by atoms with van der Waals surface area (Å²) in [5.74, 6) is -0.402. The van der Waals surface area contributed by atoms with Crippen LogP contribution in [-0.2, 0) is 4.74 Å². The van der Waals surface area contributed by atoms with Crippen LogP contribution < -0.4 is 5.73 Å². The van der Waals surface area contributed by atoms with Gasteiger partial charge in [0.1, 0.15) is 0 Å². The normalized spacial score (nSPS) is 10.4. The molecule has 8 heteroatoms. The molecule has 0 heterocycles. The van der Waals surface area contributed by atoms with Gasteiger partial charge in [0.15, 0.2) is 0 Å². The lowest BCUT2D eigenvalue weighted by Gasteiger charge is -2.21. The number of ether oxygens (including phenoxy) is 1. The summed E-state index contributed by atoms with van der Waals surface area (Å²) in [5.41, 5.74) is 5.58. The Kier molecular flexibility index (Phi) is 6.39. The summed E-state index contributed by atoms with van der Waals surface area (Å²) >= 11 is 5.86. The van der Waals surface area contributed by atoms with Gasteiger partial charge in [0.2, 0.25) is 0 Å². The van der Waals surface area contributed by atoms with E-state index in [4.69, 9.17) is 22.1 Å². The number of halogens is 1. The number of carbonyl (C=O) groups excluding carboxylic acids is 1. The highest BCUT2D eigenvalue weighted by atomic mass is 35.5. The Bertz CT molecular complexity index is 536. The predicted octanol–water partition coefficient (Wildman–Crippen LogP) is 2.33. The van der Waals surface area contributed by atoms with Crippen molar-refractivity contribution in [3.05, 3.63) is 32.8 Å². The zero-order valence-electron chi connectivity index (χ0n) is 12.0. The highest BCUT2D eigenvalue weighted by Gasteiger charge is 2.22. The minimum Gasteiger partial charge on any atom is -0.397 e. The van der Waals surface area contributed by atoms with Crippen molar-refractivity contribution in [2.75, 3.05) is 32.0 Å². The van der Waals surface area contributed by atoms with E-state index in [1.54, 1.807) is 6.92 Å². The van der Waals surface area contributed by atoms with Gasteiger partial charge in [0.25, 0.3) is 11.6 Å². The largest absolute Gasteiger partial charge is 0.397 e. The van der Waals surface area contributed by atoms with Crippen molar-refractivity contribution in [3.63, 3.8) is 0 Å². The fourth-order valence-electron chi connectivity index (χ4n) is 1.78. The fourth-order valence-corrected chi connectivity index (χ4v) is 1.99. The maximum atomic E-state index is 12.4. The summed E-state index contributed by atoms with van der Waals surface area (Å²) in [5, 5.41) is 10.8. The highest BCUT2D eigenvalue weighted by molar-refractivity contribution is 6.34. The quantitative estimate of drug-likeness (QED) is 0.360. The van der Waals surface area contributed by atoms with E-state index in [-0.39, 0.29) is 22.0 Å². The number of nitrogens with zero attached hydrogens (tertiary/aromatic N) is 2. The van der Waals surface area contributed by atoms with E-state index < -0.39 is 10.8 Å². The molecule has 0 aliphatic heterocycles. The van der Waals surface area contributed by atoms with Crippen LogP contribution in [0.25, 0.3) is 0 Å². The molecule has 21 heavy (non-hydrogen) atoms. The van der Waals surface area contributed by atoms with Gasteiger partial charge < -0.3 is 15.4 Å². The third kappa shape index (κ3) is 4.30. The van der Waals surface area contributed by atoms with Gasteiger partial charge in [-0.25, -0.2) is 0 Å². The average molecular weight is 316 g/mol. The molecule has 0 saturated heterocycles. The molecule has 1 amide bonds. The summed E-state index contributed by atoms with van der Waals surface area (Å²) in [6, 6.07) is 2.27. The third-order valence-corrected chi connectivity index (χ3v) is 3.25. The number of carbonyl (C=O) groups is 1. The molecule has 0 aliphatic carbocycles. The molecule has 0 fully saturated rings. The first-order chi connectivity index (χ1) is 9.92. The molecule has 7 nitrogen and oxygen atoms in total. The van der Waals surface area contributed by atoms with E-state index >= 15 is 0 Å². The van der Waals surface area contributed by atoms with Gasteiger partial charge in [-0.1, -0.05) is 11.6 Å². The molecule has 2 N–H and O–H groups in total. The lowest BCUT2D eigenvalue weighted by Crippen LogP contribution is -2.34. The number of rotatable bonds is 7. The van der Waals surface area contributed by atoms with Crippen LogP contribution in [-0.4, -0.2) is 42.0 Å². The first kappa shape index (κ1) is 17.2. The summed E-state index contributed by atoms with van der Waals surface area (Å²) < 4.78 is 5.21. The number of nitro benzene ring substituents is 1.